The Morgan fingerprint density at radius 2 is 1.95 bits per heavy atom. The Morgan fingerprint density at radius 3 is 2.37 bits per heavy atom. The zero-order valence-corrected chi connectivity index (χ0v) is 11.1. The number of hydrogen-bond acceptors (Lipinski definition) is 4. The predicted octanol–water partition coefficient (Wildman–Crippen LogP) is 1.37. The van der Waals surface area contributed by atoms with Crippen molar-refractivity contribution in [2.75, 3.05) is 13.2 Å². The summed E-state index contributed by atoms with van der Waals surface area (Å²) in [5, 5.41) is 19.4. The molecule has 1 aromatic carbocycles. The van der Waals surface area contributed by atoms with E-state index in [0.717, 1.165) is 5.56 Å². The lowest BCUT2D eigenvalue weighted by atomic mass is 10.1. The second kappa shape index (κ2) is 6.84. The van der Waals surface area contributed by atoms with E-state index < -0.39 is 4.92 Å². The SMILES string of the molecule is CC(C)N(CCO)C(=O)Cc1ccc([N+](=O)[O-])cc1. The predicted molar refractivity (Wildman–Crippen MR) is 70.7 cm³/mol. The monoisotopic (exact) mass is 266 g/mol. The number of carbonyl (C=O) groups excluding carboxylic acids is 1. The number of rotatable bonds is 6. The third-order valence-corrected chi connectivity index (χ3v) is 2.79. The average molecular weight is 266 g/mol. The van der Waals surface area contributed by atoms with Crippen LogP contribution in [0.3, 0.4) is 0 Å². The minimum Gasteiger partial charge on any atom is -0.395 e. The van der Waals surface area contributed by atoms with E-state index in [1.165, 1.54) is 12.1 Å². The number of nitro groups is 1. The van der Waals surface area contributed by atoms with Gasteiger partial charge in [-0.3, -0.25) is 14.9 Å². The molecule has 0 bridgehead atoms. The maximum Gasteiger partial charge on any atom is 0.269 e. The first kappa shape index (κ1) is 15.1. The summed E-state index contributed by atoms with van der Waals surface area (Å²) in [5.41, 5.74) is 0.728. The van der Waals surface area contributed by atoms with Gasteiger partial charge in [-0.25, -0.2) is 0 Å². The van der Waals surface area contributed by atoms with Gasteiger partial charge in [0.25, 0.3) is 5.69 Å². The molecule has 0 aliphatic heterocycles. The van der Waals surface area contributed by atoms with E-state index >= 15 is 0 Å². The summed E-state index contributed by atoms with van der Waals surface area (Å²) in [6.45, 7) is 3.97. The average Bonchev–Trinajstić information content (AvgIpc) is 2.36. The third-order valence-electron chi connectivity index (χ3n) is 2.79. The molecular formula is C13H18N2O4. The number of nitro benzene ring substituents is 1. The van der Waals surface area contributed by atoms with Crippen LogP contribution in [0.4, 0.5) is 5.69 Å². The Bertz CT molecular complexity index is 442. The lowest BCUT2D eigenvalue weighted by Crippen LogP contribution is -2.39. The first-order valence-electron chi connectivity index (χ1n) is 6.09. The van der Waals surface area contributed by atoms with Gasteiger partial charge in [-0.1, -0.05) is 12.1 Å². The molecule has 0 radical (unpaired) electrons. The molecule has 1 amide bonds. The van der Waals surface area contributed by atoms with E-state index in [1.807, 2.05) is 13.8 Å². The fourth-order valence-corrected chi connectivity index (χ4v) is 1.79. The third kappa shape index (κ3) is 4.33. The standard InChI is InChI=1S/C13H18N2O4/c1-10(2)14(7-8-16)13(17)9-11-3-5-12(6-4-11)15(18)19/h3-6,10,16H,7-9H2,1-2H3. The molecule has 0 unspecified atom stereocenters. The molecule has 0 saturated carbocycles. The highest BCUT2D eigenvalue weighted by atomic mass is 16.6. The number of aliphatic hydroxyl groups excluding tert-OH is 1. The normalized spacial score (nSPS) is 10.5. The van der Waals surface area contributed by atoms with E-state index in [1.54, 1.807) is 17.0 Å². The van der Waals surface area contributed by atoms with Crippen molar-refractivity contribution in [3.8, 4) is 0 Å². The number of non-ortho nitro benzene ring substituents is 1. The van der Waals surface area contributed by atoms with Crippen molar-refractivity contribution >= 4 is 11.6 Å². The van der Waals surface area contributed by atoms with Crippen molar-refractivity contribution in [3.05, 3.63) is 39.9 Å². The van der Waals surface area contributed by atoms with Gasteiger partial charge in [0, 0.05) is 24.7 Å². The van der Waals surface area contributed by atoms with Crippen LogP contribution in [-0.2, 0) is 11.2 Å². The highest BCUT2D eigenvalue weighted by Crippen LogP contribution is 2.13. The van der Waals surface area contributed by atoms with Crippen molar-refractivity contribution in [2.45, 2.75) is 26.3 Å². The number of amides is 1. The van der Waals surface area contributed by atoms with Crippen LogP contribution < -0.4 is 0 Å². The molecular weight excluding hydrogens is 248 g/mol. The molecule has 0 fully saturated rings. The highest BCUT2D eigenvalue weighted by molar-refractivity contribution is 5.79. The minimum atomic E-state index is -0.474. The lowest BCUT2D eigenvalue weighted by molar-refractivity contribution is -0.384. The Hall–Kier alpha value is -1.95. The largest absolute Gasteiger partial charge is 0.395 e. The van der Waals surface area contributed by atoms with Gasteiger partial charge in [-0.15, -0.1) is 0 Å². The smallest absolute Gasteiger partial charge is 0.269 e. The number of aliphatic hydroxyl groups is 1. The Kier molecular flexibility index (Phi) is 5.44. The van der Waals surface area contributed by atoms with Crippen LogP contribution in [-0.4, -0.2) is 40.0 Å². The molecule has 104 valence electrons. The van der Waals surface area contributed by atoms with Crippen molar-refractivity contribution in [1.82, 2.24) is 4.90 Å². The van der Waals surface area contributed by atoms with Crippen LogP contribution in [0.1, 0.15) is 19.4 Å². The summed E-state index contributed by atoms with van der Waals surface area (Å²) in [4.78, 5) is 23.7. The van der Waals surface area contributed by atoms with E-state index in [4.69, 9.17) is 5.11 Å². The molecule has 6 nitrogen and oxygen atoms in total. The molecule has 0 spiro atoms. The molecule has 6 heteroatoms. The summed E-state index contributed by atoms with van der Waals surface area (Å²) in [6.07, 6.45) is 0.177. The summed E-state index contributed by atoms with van der Waals surface area (Å²) in [5.74, 6) is -0.0992. The number of nitrogens with zero attached hydrogens (tertiary/aromatic N) is 2. The molecule has 0 aliphatic carbocycles. The maximum atomic E-state index is 12.0. The van der Waals surface area contributed by atoms with E-state index in [-0.39, 0.29) is 30.7 Å². The van der Waals surface area contributed by atoms with Gasteiger partial charge in [-0.2, -0.15) is 0 Å². The van der Waals surface area contributed by atoms with E-state index in [0.29, 0.717) is 6.54 Å². The summed E-state index contributed by atoms with van der Waals surface area (Å²) in [7, 11) is 0. The molecule has 19 heavy (non-hydrogen) atoms. The van der Waals surface area contributed by atoms with Crippen LogP contribution in [0.25, 0.3) is 0 Å². The van der Waals surface area contributed by atoms with Crippen LogP contribution in [0.5, 0.6) is 0 Å². The van der Waals surface area contributed by atoms with E-state index in [9.17, 15) is 14.9 Å². The van der Waals surface area contributed by atoms with Crippen molar-refractivity contribution in [1.29, 1.82) is 0 Å². The molecule has 0 heterocycles. The Morgan fingerprint density at radius 1 is 1.37 bits per heavy atom. The fourth-order valence-electron chi connectivity index (χ4n) is 1.79. The molecule has 0 aliphatic rings. The zero-order valence-electron chi connectivity index (χ0n) is 11.1. The Balaban J connectivity index is 2.72. The number of hydrogen-bond donors (Lipinski definition) is 1. The minimum absolute atomic E-state index is 0.00673. The summed E-state index contributed by atoms with van der Waals surface area (Å²) < 4.78 is 0. The summed E-state index contributed by atoms with van der Waals surface area (Å²) >= 11 is 0. The van der Waals surface area contributed by atoms with E-state index in [2.05, 4.69) is 0 Å². The van der Waals surface area contributed by atoms with Gasteiger partial charge in [0.2, 0.25) is 5.91 Å². The first-order valence-corrected chi connectivity index (χ1v) is 6.09. The van der Waals surface area contributed by atoms with Crippen LogP contribution >= 0.6 is 0 Å². The maximum absolute atomic E-state index is 12.0. The van der Waals surface area contributed by atoms with Gasteiger partial charge >= 0.3 is 0 Å². The van der Waals surface area contributed by atoms with Crippen molar-refractivity contribution in [2.24, 2.45) is 0 Å². The van der Waals surface area contributed by atoms with Crippen LogP contribution in [0, 0.1) is 10.1 Å². The van der Waals surface area contributed by atoms with Gasteiger partial charge in [0.05, 0.1) is 18.0 Å². The quantitative estimate of drug-likeness (QED) is 0.622. The van der Waals surface area contributed by atoms with Crippen molar-refractivity contribution in [3.63, 3.8) is 0 Å². The molecule has 1 rings (SSSR count). The Labute approximate surface area is 111 Å². The number of carbonyl (C=O) groups is 1. The molecule has 0 saturated heterocycles. The molecule has 0 atom stereocenters. The topological polar surface area (TPSA) is 83.7 Å². The van der Waals surface area contributed by atoms with Gasteiger partial charge in [0.1, 0.15) is 0 Å². The number of benzene rings is 1. The van der Waals surface area contributed by atoms with Crippen LogP contribution in [0.2, 0.25) is 0 Å². The first-order chi connectivity index (χ1) is 8.95. The van der Waals surface area contributed by atoms with Gasteiger partial charge < -0.3 is 10.0 Å². The fraction of sp³-hybridized carbons (Fsp3) is 0.462. The molecule has 1 aromatic rings. The van der Waals surface area contributed by atoms with Gasteiger partial charge in [0.15, 0.2) is 0 Å². The second-order valence-electron chi connectivity index (χ2n) is 4.50. The van der Waals surface area contributed by atoms with Gasteiger partial charge in [-0.05, 0) is 19.4 Å². The van der Waals surface area contributed by atoms with Crippen LogP contribution in [0.15, 0.2) is 24.3 Å². The summed E-state index contributed by atoms with van der Waals surface area (Å²) in [6, 6.07) is 5.93. The second-order valence-corrected chi connectivity index (χ2v) is 4.50. The molecule has 0 aromatic heterocycles. The molecule has 1 N–H and O–H groups in total. The zero-order chi connectivity index (χ0) is 14.4. The lowest BCUT2D eigenvalue weighted by Gasteiger charge is -2.26. The highest BCUT2D eigenvalue weighted by Gasteiger charge is 2.16. The van der Waals surface area contributed by atoms with Crippen molar-refractivity contribution < 1.29 is 14.8 Å².